The summed E-state index contributed by atoms with van der Waals surface area (Å²) in [4.78, 5) is 16.6. The van der Waals surface area contributed by atoms with E-state index in [2.05, 4.69) is 10.3 Å². The molecule has 2 unspecified atom stereocenters. The van der Waals surface area contributed by atoms with E-state index >= 15 is 0 Å². The molecule has 1 aromatic carbocycles. The van der Waals surface area contributed by atoms with Gasteiger partial charge >= 0.3 is 0 Å². The largest absolute Gasteiger partial charge is 0.497 e. The molecular weight excluding hydrogens is 303 g/mol. The lowest BCUT2D eigenvalue weighted by Crippen LogP contribution is -2.30. The zero-order valence-electron chi connectivity index (χ0n) is 13.6. The number of nitrogens with zero attached hydrogens (tertiary/aromatic N) is 1. The van der Waals surface area contributed by atoms with E-state index in [1.165, 1.54) is 31.0 Å². The summed E-state index contributed by atoms with van der Waals surface area (Å²) >= 11 is 1.47. The molecule has 1 aliphatic rings. The Balaban J connectivity index is 0.00000116. The number of halogens is 1. The molecule has 6 heteroatoms. The summed E-state index contributed by atoms with van der Waals surface area (Å²) in [5, 5.41) is 3.44. The van der Waals surface area contributed by atoms with Gasteiger partial charge in [-0.05, 0) is 24.3 Å². The number of carbonyl (C=O) groups excluding carboxylic acids is 1. The molecule has 122 valence electrons. The van der Waals surface area contributed by atoms with Gasteiger partial charge in [0.1, 0.15) is 11.6 Å². The van der Waals surface area contributed by atoms with E-state index in [1.54, 1.807) is 6.07 Å². The smallest absolute Gasteiger partial charge is 0.234 e. The predicted octanol–water partition coefficient (Wildman–Crippen LogP) is 3.83. The molecule has 1 aliphatic heterocycles. The molecular formula is C16H23FN2O2S. The second-order valence-electron chi connectivity index (χ2n) is 4.67. The van der Waals surface area contributed by atoms with Crippen molar-refractivity contribution in [2.45, 2.75) is 20.8 Å². The Morgan fingerprint density at radius 2 is 2.14 bits per heavy atom. The van der Waals surface area contributed by atoms with Crippen LogP contribution in [-0.2, 0) is 4.79 Å². The van der Waals surface area contributed by atoms with E-state index in [0.717, 1.165) is 5.04 Å². The average Bonchev–Trinajstić information content (AvgIpc) is 2.92. The van der Waals surface area contributed by atoms with E-state index in [4.69, 9.17) is 4.74 Å². The van der Waals surface area contributed by atoms with Crippen LogP contribution in [0.3, 0.4) is 0 Å². The monoisotopic (exact) mass is 326 g/mol. The van der Waals surface area contributed by atoms with Crippen molar-refractivity contribution in [2.75, 3.05) is 25.2 Å². The van der Waals surface area contributed by atoms with Crippen molar-refractivity contribution in [1.82, 2.24) is 0 Å². The third kappa shape index (κ3) is 4.22. The first-order valence-electron chi connectivity index (χ1n) is 7.29. The molecule has 0 fully saturated rings. The highest BCUT2D eigenvalue weighted by molar-refractivity contribution is 8.13. The Hall–Kier alpha value is -1.56. The van der Waals surface area contributed by atoms with Gasteiger partial charge in [-0.2, -0.15) is 0 Å². The number of thioether (sulfide) groups is 1. The van der Waals surface area contributed by atoms with Crippen molar-refractivity contribution < 1.29 is 13.9 Å². The first kappa shape index (κ1) is 18.5. The van der Waals surface area contributed by atoms with Crippen LogP contribution in [0.1, 0.15) is 20.8 Å². The summed E-state index contributed by atoms with van der Waals surface area (Å²) in [6.45, 7) is 6.61. The van der Waals surface area contributed by atoms with Crippen molar-refractivity contribution in [3.8, 4) is 5.75 Å². The number of hydrogen-bond donors (Lipinski definition) is 1. The van der Waals surface area contributed by atoms with Crippen LogP contribution in [0.2, 0.25) is 0 Å². The van der Waals surface area contributed by atoms with E-state index in [-0.39, 0.29) is 23.4 Å². The fraction of sp³-hybridized carbons (Fsp3) is 0.500. The van der Waals surface area contributed by atoms with Gasteiger partial charge in [0.15, 0.2) is 0 Å². The fourth-order valence-electron chi connectivity index (χ4n) is 2.18. The summed E-state index contributed by atoms with van der Waals surface area (Å²) in [7, 11) is 1.47. The highest BCUT2D eigenvalue weighted by Gasteiger charge is 2.34. The van der Waals surface area contributed by atoms with E-state index in [0.29, 0.717) is 12.3 Å². The maximum atomic E-state index is 13.8. The lowest BCUT2D eigenvalue weighted by Gasteiger charge is -2.17. The Labute approximate surface area is 135 Å². The SMILES string of the molecule is CC.COc1ccc(NC(=O)C2C(SC)=NCC2C)c(F)c1. The van der Waals surface area contributed by atoms with Gasteiger partial charge in [-0.1, -0.05) is 20.8 Å². The molecule has 1 N–H and O–H groups in total. The van der Waals surface area contributed by atoms with Crippen LogP contribution in [0.25, 0.3) is 0 Å². The van der Waals surface area contributed by atoms with Crippen LogP contribution in [-0.4, -0.2) is 30.9 Å². The average molecular weight is 326 g/mol. The standard InChI is InChI=1S/C14H17FN2O2S.C2H6/c1-8-7-16-14(20-3)12(8)13(18)17-11-5-4-9(19-2)6-10(11)15;1-2/h4-6,8,12H,7H2,1-3H3,(H,17,18);1-2H3. The molecule has 2 rings (SSSR count). The molecule has 2 atom stereocenters. The quantitative estimate of drug-likeness (QED) is 0.918. The number of hydrogen-bond acceptors (Lipinski definition) is 4. The Morgan fingerprint density at radius 1 is 1.45 bits per heavy atom. The minimum Gasteiger partial charge on any atom is -0.497 e. The van der Waals surface area contributed by atoms with Crippen molar-refractivity contribution in [3.05, 3.63) is 24.0 Å². The summed E-state index contributed by atoms with van der Waals surface area (Å²) in [5.74, 6) is -0.468. The van der Waals surface area contributed by atoms with Crippen LogP contribution >= 0.6 is 11.8 Å². The van der Waals surface area contributed by atoms with Crippen molar-refractivity contribution in [2.24, 2.45) is 16.8 Å². The van der Waals surface area contributed by atoms with Gasteiger partial charge in [0.25, 0.3) is 0 Å². The molecule has 1 amide bonds. The minimum atomic E-state index is -0.508. The Bertz CT molecular complexity index is 549. The maximum absolute atomic E-state index is 13.8. The second kappa shape index (κ2) is 8.78. The highest BCUT2D eigenvalue weighted by atomic mass is 32.2. The Morgan fingerprint density at radius 3 is 2.68 bits per heavy atom. The second-order valence-corrected chi connectivity index (χ2v) is 5.50. The van der Waals surface area contributed by atoms with Gasteiger partial charge < -0.3 is 10.1 Å². The number of amides is 1. The lowest BCUT2D eigenvalue weighted by atomic mass is 9.97. The Kier molecular flexibility index (Phi) is 7.38. The van der Waals surface area contributed by atoms with E-state index < -0.39 is 5.82 Å². The number of aliphatic imine (C=N–C) groups is 1. The first-order valence-corrected chi connectivity index (χ1v) is 8.52. The van der Waals surface area contributed by atoms with E-state index in [1.807, 2.05) is 27.0 Å². The normalized spacial score (nSPS) is 19.8. The minimum absolute atomic E-state index is 0.138. The molecule has 4 nitrogen and oxygen atoms in total. The molecule has 22 heavy (non-hydrogen) atoms. The molecule has 1 heterocycles. The maximum Gasteiger partial charge on any atom is 0.234 e. The summed E-state index contributed by atoms with van der Waals surface area (Å²) in [6, 6.07) is 4.36. The molecule has 0 spiro atoms. The van der Waals surface area contributed by atoms with Crippen LogP contribution in [0.15, 0.2) is 23.2 Å². The van der Waals surface area contributed by atoms with Crippen LogP contribution in [0, 0.1) is 17.7 Å². The summed E-state index contributed by atoms with van der Waals surface area (Å²) in [6.07, 6.45) is 1.89. The third-order valence-corrected chi connectivity index (χ3v) is 4.10. The summed E-state index contributed by atoms with van der Waals surface area (Å²) < 4.78 is 18.8. The summed E-state index contributed by atoms with van der Waals surface area (Å²) in [5.41, 5.74) is 0.162. The number of ether oxygens (including phenoxy) is 1. The van der Waals surface area contributed by atoms with Crippen molar-refractivity contribution in [1.29, 1.82) is 0 Å². The van der Waals surface area contributed by atoms with Gasteiger partial charge in [-0.15, -0.1) is 11.8 Å². The van der Waals surface area contributed by atoms with Crippen LogP contribution < -0.4 is 10.1 Å². The number of benzene rings is 1. The van der Waals surface area contributed by atoms with Crippen molar-refractivity contribution >= 4 is 28.4 Å². The molecule has 0 aliphatic carbocycles. The molecule has 1 aromatic rings. The third-order valence-electron chi connectivity index (χ3n) is 3.30. The topological polar surface area (TPSA) is 50.7 Å². The van der Waals surface area contributed by atoms with Gasteiger partial charge in [-0.3, -0.25) is 9.79 Å². The molecule has 0 aromatic heterocycles. The van der Waals surface area contributed by atoms with Crippen LogP contribution in [0.4, 0.5) is 10.1 Å². The fourth-order valence-corrected chi connectivity index (χ4v) is 2.97. The number of nitrogens with one attached hydrogen (secondary N) is 1. The zero-order valence-corrected chi connectivity index (χ0v) is 14.5. The van der Waals surface area contributed by atoms with Gasteiger partial charge in [-0.25, -0.2) is 4.39 Å². The number of rotatable bonds is 3. The number of carbonyl (C=O) groups is 1. The predicted molar refractivity (Wildman–Crippen MR) is 91.4 cm³/mol. The first-order chi connectivity index (χ1) is 10.6. The van der Waals surface area contributed by atoms with E-state index in [9.17, 15) is 9.18 Å². The van der Waals surface area contributed by atoms with Crippen molar-refractivity contribution in [3.63, 3.8) is 0 Å². The van der Waals surface area contributed by atoms with Gasteiger partial charge in [0.2, 0.25) is 5.91 Å². The number of methoxy groups -OCH3 is 1. The zero-order chi connectivity index (χ0) is 16.7. The molecule has 0 bridgehead atoms. The molecule has 0 saturated carbocycles. The lowest BCUT2D eigenvalue weighted by molar-refractivity contribution is -0.118. The highest BCUT2D eigenvalue weighted by Crippen LogP contribution is 2.28. The van der Waals surface area contributed by atoms with Crippen LogP contribution in [0.5, 0.6) is 5.75 Å². The molecule has 0 saturated heterocycles. The van der Waals surface area contributed by atoms with Gasteiger partial charge in [0, 0.05) is 12.6 Å². The van der Waals surface area contributed by atoms with Gasteiger partial charge in [0.05, 0.1) is 23.8 Å². The molecule has 0 radical (unpaired) electrons. The number of anilines is 1.